The van der Waals surface area contributed by atoms with Gasteiger partial charge in [0.05, 0.1) is 43.6 Å². The highest BCUT2D eigenvalue weighted by Crippen LogP contribution is 2.27. The monoisotopic (exact) mass is 1280 g/mol. The van der Waals surface area contributed by atoms with Gasteiger partial charge in [-0.3, -0.25) is 57.5 Å². The highest BCUT2D eigenvalue weighted by molar-refractivity contribution is 6.03. The lowest BCUT2D eigenvalue weighted by Crippen LogP contribution is -2.61. The highest BCUT2D eigenvalue weighted by atomic mass is 16.3. The second kappa shape index (κ2) is 35.3. The van der Waals surface area contributed by atoms with Gasteiger partial charge in [-0.15, -0.1) is 0 Å². The number of carbonyl (C=O) groups is 12. The number of aliphatic hydroxyl groups excluding tert-OH is 6. The Labute approximate surface area is 529 Å². The third-order valence-corrected chi connectivity index (χ3v) is 17.1. The van der Waals surface area contributed by atoms with Gasteiger partial charge >= 0.3 is 0 Å². The molecule has 1 aromatic carbocycles. The van der Waals surface area contributed by atoms with Crippen molar-refractivity contribution in [2.45, 2.75) is 216 Å². The van der Waals surface area contributed by atoms with Crippen molar-refractivity contribution in [1.82, 2.24) is 57.2 Å². The summed E-state index contributed by atoms with van der Waals surface area (Å²) in [5.74, 6) is -12.0. The standard InChI is InChI=1S/C61H94N12O18/c1-7-33(5)49-57(87)68-41(31-74)54(84)64-37(8-2)53(83)70-50(34(6)75)58(88)66-39(21-20-35-15-10-9-11-16-35)60(90)72-25-12-17-42(72)55(85)67-40(28-36(76)29-46(78)45(77)27-32(3)4)51(81)59(89)65-38(22-23-47(62)79)52(82)63-30-48(80)71-24-14-19-44(71)61(91)73-26-13-18-43(73)56(86)69-49/h8-11,15-16,32-34,36,38-46,49-51,74-78,81H,7,12-14,17-31H2,1-6H3,(H2,62,79)(H,63,82)(H,64,84)(H,65,89)(H,66,88)(H,67,85)(H,68,87)(H,69,86)(H,70,83)/b37-8+/t33-,34+,36-,38-,39-,40+,41-,42-,43-,44-,45-,46-,49+,50-,51+/m0/s1. The summed E-state index contributed by atoms with van der Waals surface area (Å²) in [7, 11) is 0. The molecule has 0 unspecified atom stereocenters. The third kappa shape index (κ3) is 20.9. The molecule has 16 N–H and O–H groups in total. The number of hydrogen-bond donors (Lipinski definition) is 15. The summed E-state index contributed by atoms with van der Waals surface area (Å²) in [6, 6.07) is -4.63. The molecule has 0 aliphatic carbocycles. The molecular formula is C61H94N12O18. The van der Waals surface area contributed by atoms with E-state index in [9.17, 15) is 88.2 Å². The average molecular weight is 1280 g/mol. The van der Waals surface area contributed by atoms with Crippen molar-refractivity contribution in [3.63, 3.8) is 0 Å². The molecule has 0 saturated carbocycles. The fraction of sp³-hybridized carbons (Fsp3) is 0.672. The number of nitrogens with two attached hydrogens (primary N) is 1. The van der Waals surface area contributed by atoms with Gasteiger partial charge in [-0.25, -0.2) is 0 Å². The van der Waals surface area contributed by atoms with Gasteiger partial charge in [-0.1, -0.05) is 70.5 Å². The topological polar surface area (TPSA) is 458 Å². The van der Waals surface area contributed by atoms with Gasteiger partial charge in [-0.05, 0) is 102 Å². The molecule has 0 bridgehead atoms. The summed E-state index contributed by atoms with van der Waals surface area (Å²) in [5, 5.41) is 85.9. The third-order valence-electron chi connectivity index (χ3n) is 17.1. The molecule has 4 saturated heterocycles. The van der Waals surface area contributed by atoms with Crippen LogP contribution in [0, 0.1) is 11.8 Å². The molecule has 12 amide bonds. The van der Waals surface area contributed by atoms with Gasteiger partial charge in [0.25, 0.3) is 11.8 Å². The van der Waals surface area contributed by atoms with Crippen LogP contribution < -0.4 is 48.3 Å². The lowest BCUT2D eigenvalue weighted by atomic mass is 9.94. The fourth-order valence-corrected chi connectivity index (χ4v) is 11.7. The van der Waals surface area contributed by atoms with Crippen molar-refractivity contribution in [2.75, 3.05) is 32.8 Å². The Morgan fingerprint density at radius 1 is 0.637 bits per heavy atom. The molecule has 91 heavy (non-hydrogen) atoms. The molecule has 5 rings (SSSR count). The number of allylic oxidation sites excluding steroid dienone is 1. The molecule has 30 nitrogen and oxygen atoms in total. The first-order valence-electron chi connectivity index (χ1n) is 31.4. The van der Waals surface area contributed by atoms with Crippen LogP contribution in [0.4, 0.5) is 0 Å². The number of hydrogen-bond acceptors (Lipinski definition) is 18. The van der Waals surface area contributed by atoms with Crippen molar-refractivity contribution in [3.05, 3.63) is 47.7 Å². The molecule has 4 aliphatic heterocycles. The van der Waals surface area contributed by atoms with Crippen LogP contribution in [0.2, 0.25) is 0 Å². The van der Waals surface area contributed by atoms with E-state index < -0.39 is 206 Å². The van der Waals surface area contributed by atoms with Gasteiger partial charge < -0.3 is 93.6 Å². The molecule has 1 aromatic rings. The van der Waals surface area contributed by atoms with Crippen molar-refractivity contribution < 1.29 is 88.2 Å². The second-order valence-corrected chi connectivity index (χ2v) is 24.4. The minimum Gasteiger partial charge on any atom is -0.394 e. The summed E-state index contributed by atoms with van der Waals surface area (Å²) in [4.78, 5) is 172. The normalized spacial score (nSPS) is 28.4. The van der Waals surface area contributed by atoms with Crippen LogP contribution in [-0.2, 0) is 64.0 Å². The molecule has 506 valence electrons. The summed E-state index contributed by atoms with van der Waals surface area (Å²) >= 11 is 0. The number of aryl methyl sites for hydroxylation is 1. The number of amides is 12. The van der Waals surface area contributed by atoms with E-state index in [-0.39, 0.29) is 70.5 Å². The summed E-state index contributed by atoms with van der Waals surface area (Å²) in [6.45, 7) is 7.81. The Bertz CT molecular complexity index is 2770. The van der Waals surface area contributed by atoms with E-state index >= 15 is 0 Å². The molecule has 15 atom stereocenters. The van der Waals surface area contributed by atoms with Gasteiger partial charge in [-0.2, -0.15) is 0 Å². The van der Waals surface area contributed by atoms with E-state index in [2.05, 4.69) is 42.5 Å². The number of primary amides is 1. The first kappa shape index (κ1) is 74.1. The first-order valence-corrected chi connectivity index (χ1v) is 31.4. The molecule has 0 radical (unpaired) electrons. The molecular weight excluding hydrogens is 1190 g/mol. The Kier molecular flexibility index (Phi) is 28.7. The second-order valence-electron chi connectivity index (χ2n) is 24.4. The van der Waals surface area contributed by atoms with Gasteiger partial charge in [0.15, 0.2) is 6.10 Å². The lowest BCUT2D eigenvalue weighted by molar-refractivity contribution is -0.147. The lowest BCUT2D eigenvalue weighted by Gasteiger charge is -2.33. The highest BCUT2D eigenvalue weighted by Gasteiger charge is 2.45. The van der Waals surface area contributed by atoms with Gasteiger partial charge in [0.2, 0.25) is 59.1 Å². The fourth-order valence-electron chi connectivity index (χ4n) is 11.7. The van der Waals surface area contributed by atoms with Crippen LogP contribution in [0.25, 0.3) is 0 Å². The van der Waals surface area contributed by atoms with E-state index in [4.69, 9.17) is 5.73 Å². The van der Waals surface area contributed by atoms with E-state index in [1.165, 1.54) is 23.6 Å². The average Bonchev–Trinajstić information content (AvgIpc) is 1.79. The van der Waals surface area contributed by atoms with Crippen LogP contribution in [0.3, 0.4) is 0 Å². The Morgan fingerprint density at radius 2 is 1.20 bits per heavy atom. The van der Waals surface area contributed by atoms with E-state index in [0.29, 0.717) is 19.3 Å². The number of benzene rings is 1. The molecule has 4 heterocycles. The van der Waals surface area contributed by atoms with Crippen molar-refractivity contribution in [1.29, 1.82) is 0 Å². The minimum absolute atomic E-state index is 0.00613. The number of nitrogens with zero attached hydrogens (tertiary/aromatic N) is 3. The zero-order valence-corrected chi connectivity index (χ0v) is 52.6. The Balaban J connectivity index is 1.54. The van der Waals surface area contributed by atoms with Crippen LogP contribution in [0.15, 0.2) is 42.1 Å². The first-order chi connectivity index (χ1) is 43.1. The van der Waals surface area contributed by atoms with Crippen LogP contribution in [0.1, 0.15) is 131 Å². The molecule has 30 heteroatoms. The smallest absolute Gasteiger partial charge is 0.268 e. The largest absolute Gasteiger partial charge is 0.394 e. The SMILES string of the molecule is C/C=C1/NC(=O)[C@H](CO)NC(=O)[C@@H]([C@@H](C)CC)NC(=O)[C@@H]2CCCN2C(=O)[C@@H]2CCCN2C(=O)CNC(=O)[C@H](CCC(N)=O)NC(=O)[C@H](O)[C@@H](C[C@H](O)C[C@H](O)[C@@H](O)CC(C)C)NC(=O)[C@@H]2CCCN2C(=O)[C@H](CCc2ccccc2)NC(=O)[C@H]([C@@H](C)O)NC1=O. The van der Waals surface area contributed by atoms with Crippen molar-refractivity contribution in [3.8, 4) is 0 Å². The van der Waals surface area contributed by atoms with E-state index in [1.54, 1.807) is 58.0 Å². The predicted molar refractivity (Wildman–Crippen MR) is 325 cm³/mol. The van der Waals surface area contributed by atoms with Gasteiger partial charge in [0, 0.05) is 32.5 Å². The van der Waals surface area contributed by atoms with Gasteiger partial charge in [0.1, 0.15) is 54.0 Å². The minimum atomic E-state index is -2.33. The predicted octanol–water partition coefficient (Wildman–Crippen LogP) is -4.39. The van der Waals surface area contributed by atoms with Crippen molar-refractivity contribution in [2.24, 2.45) is 17.6 Å². The maximum atomic E-state index is 14.9. The molecule has 4 aliphatic rings. The van der Waals surface area contributed by atoms with E-state index in [1.807, 2.05) is 0 Å². The van der Waals surface area contributed by atoms with E-state index in [0.717, 1.165) is 16.5 Å². The summed E-state index contributed by atoms with van der Waals surface area (Å²) < 4.78 is 0. The zero-order chi connectivity index (χ0) is 67.4. The van der Waals surface area contributed by atoms with Crippen LogP contribution in [0.5, 0.6) is 0 Å². The zero-order valence-electron chi connectivity index (χ0n) is 52.6. The number of nitrogens with one attached hydrogen (secondary N) is 8. The number of rotatable bonds is 17. The molecule has 0 aromatic heterocycles. The van der Waals surface area contributed by atoms with Crippen LogP contribution in [-0.4, -0.2) is 234 Å². The summed E-state index contributed by atoms with van der Waals surface area (Å²) in [5.41, 5.74) is 5.67. The Hall–Kier alpha value is -7.64. The Morgan fingerprint density at radius 3 is 1.78 bits per heavy atom. The number of aliphatic hydroxyl groups is 6. The maximum absolute atomic E-state index is 14.9. The number of fused-ring (bicyclic) bond motifs is 3. The molecule has 4 fully saturated rings. The quantitative estimate of drug-likeness (QED) is 0.0655. The number of carbonyl (C=O) groups excluding carboxylic acids is 12. The van der Waals surface area contributed by atoms with Crippen molar-refractivity contribution >= 4 is 70.9 Å². The maximum Gasteiger partial charge on any atom is 0.268 e. The summed E-state index contributed by atoms with van der Waals surface area (Å²) in [6.07, 6.45) is -7.72. The molecule has 0 spiro atoms. The van der Waals surface area contributed by atoms with Crippen LogP contribution >= 0.6 is 0 Å².